The summed E-state index contributed by atoms with van der Waals surface area (Å²) in [6.07, 6.45) is 0.629. The van der Waals surface area contributed by atoms with Gasteiger partial charge in [0, 0.05) is 17.6 Å². The van der Waals surface area contributed by atoms with Gasteiger partial charge in [-0.25, -0.2) is 4.79 Å². The zero-order valence-electron chi connectivity index (χ0n) is 16.6. The molecule has 2 aromatic carbocycles. The fourth-order valence-corrected chi connectivity index (χ4v) is 3.33. The van der Waals surface area contributed by atoms with Gasteiger partial charge in [-0.3, -0.25) is 9.78 Å². The molecule has 7 heteroatoms. The van der Waals surface area contributed by atoms with Crippen LogP contribution in [0.4, 0.5) is 0 Å². The zero-order valence-corrected chi connectivity index (χ0v) is 16.6. The van der Waals surface area contributed by atoms with Crippen LogP contribution in [-0.4, -0.2) is 43.2 Å². The number of carbonyl (C=O) groups excluding carboxylic acids is 2. The molecule has 0 bridgehead atoms. The second-order valence-electron chi connectivity index (χ2n) is 6.98. The van der Waals surface area contributed by atoms with E-state index in [0.29, 0.717) is 48.3 Å². The highest BCUT2D eigenvalue weighted by molar-refractivity contribution is 6.04. The van der Waals surface area contributed by atoms with Crippen LogP contribution in [0.25, 0.3) is 10.9 Å². The smallest absolute Gasteiger partial charge is 0.339 e. The van der Waals surface area contributed by atoms with Gasteiger partial charge in [0.2, 0.25) is 0 Å². The summed E-state index contributed by atoms with van der Waals surface area (Å²) in [6, 6.07) is 14.7. The Bertz CT molecular complexity index is 1100. The van der Waals surface area contributed by atoms with Crippen molar-refractivity contribution >= 4 is 22.8 Å². The first kappa shape index (κ1) is 19.7. The molecule has 3 aromatic rings. The normalized spacial score (nSPS) is 12.4. The van der Waals surface area contributed by atoms with Crippen LogP contribution in [0.15, 0.2) is 48.5 Å². The predicted molar refractivity (Wildman–Crippen MR) is 111 cm³/mol. The monoisotopic (exact) mass is 406 g/mol. The number of ether oxygens (including phenoxy) is 3. The molecular weight excluding hydrogens is 384 g/mol. The van der Waals surface area contributed by atoms with Gasteiger partial charge in [0.15, 0.2) is 18.1 Å². The average molecular weight is 406 g/mol. The Labute approximate surface area is 174 Å². The molecule has 2 heterocycles. The lowest BCUT2D eigenvalue weighted by molar-refractivity contribution is -0.124. The van der Waals surface area contributed by atoms with E-state index in [2.05, 4.69) is 10.3 Å². The summed E-state index contributed by atoms with van der Waals surface area (Å²) < 4.78 is 16.3. The summed E-state index contributed by atoms with van der Waals surface area (Å²) in [5, 5.41) is 3.47. The molecule has 1 aromatic heterocycles. The van der Waals surface area contributed by atoms with E-state index in [-0.39, 0.29) is 12.5 Å². The SMILES string of the molecule is Cc1cc(C(=O)OCC(=O)NCCc2ccc3c(c2)OCCO3)c2ccccc2n1. The summed E-state index contributed by atoms with van der Waals surface area (Å²) in [5.74, 6) is 0.563. The molecule has 4 rings (SSSR count). The van der Waals surface area contributed by atoms with Crippen LogP contribution in [0, 0.1) is 6.92 Å². The first-order valence-corrected chi connectivity index (χ1v) is 9.79. The van der Waals surface area contributed by atoms with E-state index in [1.54, 1.807) is 6.07 Å². The maximum absolute atomic E-state index is 12.5. The number of rotatable bonds is 6. The first-order chi connectivity index (χ1) is 14.6. The Morgan fingerprint density at radius 2 is 1.87 bits per heavy atom. The van der Waals surface area contributed by atoms with Gasteiger partial charge in [-0.1, -0.05) is 24.3 Å². The zero-order chi connectivity index (χ0) is 20.9. The van der Waals surface area contributed by atoms with E-state index in [9.17, 15) is 9.59 Å². The van der Waals surface area contributed by atoms with Gasteiger partial charge in [0.25, 0.3) is 5.91 Å². The lowest BCUT2D eigenvalue weighted by atomic mass is 10.1. The van der Waals surface area contributed by atoms with Crippen molar-refractivity contribution in [3.63, 3.8) is 0 Å². The van der Waals surface area contributed by atoms with Crippen LogP contribution in [0.3, 0.4) is 0 Å². The van der Waals surface area contributed by atoms with Crippen LogP contribution < -0.4 is 14.8 Å². The van der Waals surface area contributed by atoms with Crippen LogP contribution in [0.1, 0.15) is 21.6 Å². The van der Waals surface area contributed by atoms with Crippen molar-refractivity contribution in [3.8, 4) is 11.5 Å². The van der Waals surface area contributed by atoms with Crippen molar-refractivity contribution < 1.29 is 23.8 Å². The lowest BCUT2D eigenvalue weighted by Crippen LogP contribution is -2.30. The van der Waals surface area contributed by atoms with Gasteiger partial charge in [0.05, 0.1) is 11.1 Å². The van der Waals surface area contributed by atoms with E-state index in [4.69, 9.17) is 14.2 Å². The van der Waals surface area contributed by atoms with Crippen molar-refractivity contribution in [1.29, 1.82) is 0 Å². The van der Waals surface area contributed by atoms with Gasteiger partial charge in [-0.2, -0.15) is 0 Å². The summed E-state index contributed by atoms with van der Waals surface area (Å²) in [4.78, 5) is 29.0. The number of fused-ring (bicyclic) bond motifs is 2. The third-order valence-electron chi connectivity index (χ3n) is 4.74. The van der Waals surface area contributed by atoms with Gasteiger partial charge in [-0.05, 0) is 43.2 Å². The van der Waals surface area contributed by atoms with E-state index in [1.807, 2.05) is 49.4 Å². The molecule has 1 amide bonds. The van der Waals surface area contributed by atoms with Gasteiger partial charge >= 0.3 is 5.97 Å². The number of nitrogens with one attached hydrogen (secondary N) is 1. The molecule has 7 nitrogen and oxygen atoms in total. The maximum atomic E-state index is 12.5. The number of esters is 1. The van der Waals surface area contributed by atoms with Gasteiger partial charge < -0.3 is 19.5 Å². The van der Waals surface area contributed by atoms with E-state index in [1.165, 1.54) is 0 Å². The van der Waals surface area contributed by atoms with Crippen LogP contribution >= 0.6 is 0 Å². The van der Waals surface area contributed by atoms with E-state index in [0.717, 1.165) is 17.1 Å². The third-order valence-corrected chi connectivity index (χ3v) is 4.74. The molecule has 0 atom stereocenters. The van der Waals surface area contributed by atoms with Crippen molar-refractivity contribution in [3.05, 3.63) is 65.4 Å². The highest BCUT2D eigenvalue weighted by Crippen LogP contribution is 2.30. The Morgan fingerprint density at radius 1 is 1.07 bits per heavy atom. The minimum Gasteiger partial charge on any atom is -0.486 e. The fraction of sp³-hybridized carbons (Fsp3) is 0.261. The second-order valence-corrected chi connectivity index (χ2v) is 6.98. The number of amides is 1. The molecule has 0 saturated heterocycles. The molecule has 0 unspecified atom stereocenters. The topological polar surface area (TPSA) is 86.8 Å². The predicted octanol–water partition coefficient (Wildman–Crippen LogP) is 2.83. The quantitative estimate of drug-likeness (QED) is 0.634. The number of pyridine rings is 1. The third kappa shape index (κ3) is 4.51. The Hall–Kier alpha value is -3.61. The van der Waals surface area contributed by atoms with Crippen LogP contribution in [0.2, 0.25) is 0 Å². The molecule has 30 heavy (non-hydrogen) atoms. The maximum Gasteiger partial charge on any atom is 0.339 e. The largest absolute Gasteiger partial charge is 0.486 e. The number of nitrogens with zero attached hydrogens (tertiary/aromatic N) is 1. The molecule has 0 spiro atoms. The number of hydrogen-bond donors (Lipinski definition) is 1. The number of hydrogen-bond acceptors (Lipinski definition) is 6. The number of carbonyl (C=O) groups is 2. The Kier molecular flexibility index (Phi) is 5.79. The number of benzene rings is 2. The summed E-state index contributed by atoms with van der Waals surface area (Å²) in [6.45, 7) is 2.98. The minimum absolute atomic E-state index is 0.338. The molecule has 0 radical (unpaired) electrons. The molecule has 1 aliphatic heterocycles. The molecular formula is C23H22N2O5. The highest BCUT2D eigenvalue weighted by atomic mass is 16.6. The molecule has 0 fully saturated rings. The molecule has 0 saturated carbocycles. The van der Waals surface area contributed by atoms with Crippen molar-refractivity contribution in [2.75, 3.05) is 26.4 Å². The Morgan fingerprint density at radius 3 is 2.73 bits per heavy atom. The van der Waals surface area contributed by atoms with E-state index >= 15 is 0 Å². The minimum atomic E-state index is -0.543. The summed E-state index contributed by atoms with van der Waals surface area (Å²) >= 11 is 0. The molecule has 154 valence electrons. The number of aromatic nitrogens is 1. The highest BCUT2D eigenvalue weighted by Gasteiger charge is 2.15. The van der Waals surface area contributed by atoms with Gasteiger partial charge in [0.1, 0.15) is 13.2 Å². The molecule has 1 aliphatic rings. The number of aryl methyl sites for hydroxylation is 1. The summed E-state index contributed by atoms with van der Waals surface area (Å²) in [5.41, 5.74) is 2.86. The summed E-state index contributed by atoms with van der Waals surface area (Å²) in [7, 11) is 0. The lowest BCUT2D eigenvalue weighted by Gasteiger charge is -2.18. The van der Waals surface area contributed by atoms with Crippen LogP contribution in [0.5, 0.6) is 11.5 Å². The van der Waals surface area contributed by atoms with Crippen molar-refractivity contribution in [1.82, 2.24) is 10.3 Å². The average Bonchev–Trinajstić information content (AvgIpc) is 2.76. The fourth-order valence-electron chi connectivity index (χ4n) is 3.33. The second kappa shape index (κ2) is 8.82. The Balaban J connectivity index is 1.28. The molecule has 1 N–H and O–H groups in total. The van der Waals surface area contributed by atoms with E-state index < -0.39 is 5.97 Å². The standard InChI is InChI=1S/C23H22N2O5/c1-15-12-18(17-4-2-3-5-19(17)25-15)23(27)30-14-22(26)24-9-8-16-6-7-20-21(13-16)29-11-10-28-20/h2-7,12-13H,8-11,14H2,1H3,(H,24,26). The number of para-hydroxylation sites is 1. The van der Waals surface area contributed by atoms with Crippen LogP contribution in [-0.2, 0) is 16.0 Å². The van der Waals surface area contributed by atoms with Crippen molar-refractivity contribution in [2.45, 2.75) is 13.3 Å². The molecule has 0 aliphatic carbocycles. The first-order valence-electron chi connectivity index (χ1n) is 9.79. The van der Waals surface area contributed by atoms with Gasteiger partial charge in [-0.15, -0.1) is 0 Å². The van der Waals surface area contributed by atoms with Crippen molar-refractivity contribution in [2.24, 2.45) is 0 Å².